The van der Waals surface area contributed by atoms with E-state index in [1.807, 2.05) is 31.2 Å². The van der Waals surface area contributed by atoms with Gasteiger partial charge in [0.15, 0.2) is 11.5 Å². The van der Waals surface area contributed by atoms with Crippen LogP contribution in [-0.2, 0) is 0 Å². The van der Waals surface area contributed by atoms with Gasteiger partial charge in [-0.05, 0) is 47.9 Å². The lowest BCUT2D eigenvalue weighted by Gasteiger charge is -2.09. The lowest BCUT2D eigenvalue weighted by atomic mass is 10.0. The van der Waals surface area contributed by atoms with E-state index in [4.69, 9.17) is 16.3 Å². The normalized spacial score (nSPS) is 10.3. The summed E-state index contributed by atoms with van der Waals surface area (Å²) in [5, 5.41) is 10.5. The molecule has 1 N–H and O–H groups in total. The number of phenolic OH excluding ortho intramolecular Hbond substituents is 1. The van der Waals surface area contributed by atoms with Crippen LogP contribution in [0.15, 0.2) is 36.4 Å². The minimum atomic E-state index is 0.138. The van der Waals surface area contributed by atoms with Gasteiger partial charge in [-0.15, -0.1) is 0 Å². The molecule has 0 fully saturated rings. The average molecular weight is 249 g/mol. The van der Waals surface area contributed by atoms with E-state index >= 15 is 0 Å². The molecule has 0 saturated heterocycles. The minimum Gasteiger partial charge on any atom is -0.504 e. The van der Waals surface area contributed by atoms with Crippen molar-refractivity contribution in [3.63, 3.8) is 0 Å². The maximum atomic E-state index is 9.75. The zero-order chi connectivity index (χ0) is 12.4. The predicted molar refractivity (Wildman–Crippen MR) is 69.8 cm³/mol. The number of aromatic hydroxyl groups is 1. The zero-order valence-corrected chi connectivity index (χ0v) is 10.5. The molecule has 88 valence electrons. The molecule has 0 saturated carbocycles. The molecule has 0 aliphatic rings. The first-order valence-corrected chi connectivity index (χ1v) is 5.63. The number of halogens is 1. The third-order valence-corrected chi connectivity index (χ3v) is 2.91. The highest BCUT2D eigenvalue weighted by Gasteiger charge is 2.06. The second-order valence-electron chi connectivity index (χ2n) is 3.85. The summed E-state index contributed by atoms with van der Waals surface area (Å²) in [5.74, 6) is 0.611. The molecule has 2 nitrogen and oxygen atoms in total. The van der Waals surface area contributed by atoms with Crippen molar-refractivity contribution < 1.29 is 9.84 Å². The molecule has 0 amide bonds. The number of benzene rings is 2. The summed E-state index contributed by atoms with van der Waals surface area (Å²) < 4.78 is 5.01. The molecule has 2 aromatic rings. The van der Waals surface area contributed by atoms with Crippen LogP contribution in [0.1, 0.15) is 5.56 Å². The van der Waals surface area contributed by atoms with Gasteiger partial charge in [0.05, 0.1) is 7.11 Å². The van der Waals surface area contributed by atoms with Crippen LogP contribution in [0.2, 0.25) is 5.02 Å². The largest absolute Gasteiger partial charge is 0.504 e. The summed E-state index contributed by atoms with van der Waals surface area (Å²) in [4.78, 5) is 0. The van der Waals surface area contributed by atoms with Gasteiger partial charge in [0, 0.05) is 5.02 Å². The molecular weight excluding hydrogens is 236 g/mol. The van der Waals surface area contributed by atoms with Gasteiger partial charge in [0.25, 0.3) is 0 Å². The minimum absolute atomic E-state index is 0.138. The van der Waals surface area contributed by atoms with Crippen molar-refractivity contribution in [3.8, 4) is 22.6 Å². The van der Waals surface area contributed by atoms with E-state index in [1.54, 1.807) is 12.1 Å². The number of phenols is 1. The van der Waals surface area contributed by atoms with Crippen LogP contribution in [0.5, 0.6) is 11.5 Å². The summed E-state index contributed by atoms with van der Waals surface area (Å²) >= 11 is 5.91. The Balaban J connectivity index is 2.50. The number of hydrogen-bond acceptors (Lipinski definition) is 2. The molecule has 0 atom stereocenters. The van der Waals surface area contributed by atoms with Crippen LogP contribution < -0.4 is 4.74 Å². The lowest BCUT2D eigenvalue weighted by Crippen LogP contribution is -1.86. The standard InChI is InChI=1S/C14H13ClO2/c1-9-7-11(15)4-5-12(9)10-3-6-14(17-2)13(16)8-10/h3-8,16H,1-2H3. The van der Waals surface area contributed by atoms with E-state index in [-0.39, 0.29) is 5.75 Å². The van der Waals surface area contributed by atoms with Crippen LogP contribution in [0.4, 0.5) is 0 Å². The highest BCUT2D eigenvalue weighted by molar-refractivity contribution is 6.30. The lowest BCUT2D eigenvalue weighted by molar-refractivity contribution is 0.373. The average Bonchev–Trinajstić information content (AvgIpc) is 2.29. The Bertz CT molecular complexity index is 550. The Morgan fingerprint density at radius 1 is 1.12 bits per heavy atom. The fourth-order valence-electron chi connectivity index (χ4n) is 1.81. The summed E-state index contributed by atoms with van der Waals surface area (Å²) in [5.41, 5.74) is 3.06. The van der Waals surface area contributed by atoms with Crippen molar-refractivity contribution in [2.45, 2.75) is 6.92 Å². The monoisotopic (exact) mass is 248 g/mol. The molecule has 2 rings (SSSR count). The van der Waals surface area contributed by atoms with Crippen LogP contribution in [-0.4, -0.2) is 12.2 Å². The number of hydrogen-bond donors (Lipinski definition) is 1. The van der Waals surface area contributed by atoms with Crippen molar-refractivity contribution in [2.24, 2.45) is 0 Å². The number of ether oxygens (including phenoxy) is 1. The van der Waals surface area contributed by atoms with Gasteiger partial charge >= 0.3 is 0 Å². The van der Waals surface area contributed by atoms with Crippen LogP contribution >= 0.6 is 11.6 Å². The molecular formula is C14H13ClO2. The molecule has 0 aliphatic carbocycles. The van der Waals surface area contributed by atoms with E-state index in [0.717, 1.165) is 16.7 Å². The van der Waals surface area contributed by atoms with Crippen molar-refractivity contribution in [1.29, 1.82) is 0 Å². The quantitative estimate of drug-likeness (QED) is 0.870. The van der Waals surface area contributed by atoms with Crippen LogP contribution in [0.25, 0.3) is 11.1 Å². The zero-order valence-electron chi connectivity index (χ0n) is 9.70. The van der Waals surface area contributed by atoms with Crippen molar-refractivity contribution in [1.82, 2.24) is 0 Å². The number of methoxy groups -OCH3 is 1. The first kappa shape index (κ1) is 11.8. The smallest absolute Gasteiger partial charge is 0.160 e. The molecule has 2 aromatic carbocycles. The second-order valence-corrected chi connectivity index (χ2v) is 4.28. The first-order valence-electron chi connectivity index (χ1n) is 5.25. The van der Waals surface area contributed by atoms with E-state index < -0.39 is 0 Å². The second kappa shape index (κ2) is 4.68. The molecule has 3 heteroatoms. The fourth-order valence-corrected chi connectivity index (χ4v) is 2.04. The molecule has 0 aromatic heterocycles. The van der Waals surface area contributed by atoms with Crippen LogP contribution in [0.3, 0.4) is 0 Å². The highest BCUT2D eigenvalue weighted by atomic mass is 35.5. The van der Waals surface area contributed by atoms with Gasteiger partial charge in [-0.1, -0.05) is 23.7 Å². The molecule has 0 bridgehead atoms. The van der Waals surface area contributed by atoms with E-state index in [1.165, 1.54) is 7.11 Å². The molecule has 17 heavy (non-hydrogen) atoms. The SMILES string of the molecule is COc1ccc(-c2ccc(Cl)cc2C)cc1O. The summed E-state index contributed by atoms with van der Waals surface area (Å²) in [6, 6.07) is 11.0. The van der Waals surface area contributed by atoms with E-state index in [0.29, 0.717) is 10.8 Å². The first-order chi connectivity index (χ1) is 8.11. The van der Waals surface area contributed by atoms with Crippen molar-refractivity contribution >= 4 is 11.6 Å². The molecule has 0 unspecified atom stereocenters. The van der Waals surface area contributed by atoms with Gasteiger partial charge in [-0.25, -0.2) is 0 Å². The van der Waals surface area contributed by atoms with E-state index in [2.05, 4.69) is 0 Å². The number of aryl methyl sites for hydroxylation is 1. The number of rotatable bonds is 2. The van der Waals surface area contributed by atoms with E-state index in [9.17, 15) is 5.11 Å². The summed E-state index contributed by atoms with van der Waals surface area (Å²) in [6.07, 6.45) is 0. The summed E-state index contributed by atoms with van der Waals surface area (Å²) in [6.45, 7) is 1.99. The Hall–Kier alpha value is -1.67. The van der Waals surface area contributed by atoms with Crippen LogP contribution in [0, 0.1) is 6.92 Å². The van der Waals surface area contributed by atoms with Gasteiger partial charge in [0.2, 0.25) is 0 Å². The molecule has 0 heterocycles. The summed E-state index contributed by atoms with van der Waals surface area (Å²) in [7, 11) is 1.53. The third-order valence-electron chi connectivity index (χ3n) is 2.68. The molecule has 0 aliphatic heterocycles. The van der Waals surface area contributed by atoms with Gasteiger partial charge in [0.1, 0.15) is 0 Å². The maximum absolute atomic E-state index is 9.75. The Labute approximate surface area is 105 Å². The van der Waals surface area contributed by atoms with Crippen molar-refractivity contribution in [3.05, 3.63) is 47.0 Å². The fraction of sp³-hybridized carbons (Fsp3) is 0.143. The molecule has 0 spiro atoms. The van der Waals surface area contributed by atoms with Gasteiger partial charge in [-0.3, -0.25) is 0 Å². The Morgan fingerprint density at radius 3 is 2.47 bits per heavy atom. The predicted octanol–water partition coefficient (Wildman–Crippen LogP) is 4.03. The topological polar surface area (TPSA) is 29.5 Å². The highest BCUT2D eigenvalue weighted by Crippen LogP contribution is 2.33. The molecule has 0 radical (unpaired) electrons. The third kappa shape index (κ3) is 2.37. The van der Waals surface area contributed by atoms with Gasteiger partial charge in [-0.2, -0.15) is 0 Å². The van der Waals surface area contributed by atoms with Gasteiger partial charge < -0.3 is 9.84 Å². The Kier molecular flexibility index (Phi) is 3.25. The Morgan fingerprint density at radius 2 is 1.88 bits per heavy atom. The van der Waals surface area contributed by atoms with Crippen molar-refractivity contribution in [2.75, 3.05) is 7.11 Å². The maximum Gasteiger partial charge on any atom is 0.160 e.